The highest BCUT2D eigenvalue weighted by atomic mass is 16.6. The zero-order valence-corrected chi connectivity index (χ0v) is 8.49. The van der Waals surface area contributed by atoms with E-state index in [1.807, 2.05) is 0 Å². The lowest BCUT2D eigenvalue weighted by Crippen LogP contribution is -2.35. The monoisotopic (exact) mass is 241 g/mol. The first-order valence-electron chi connectivity index (χ1n) is 8.40. The molecule has 1 unspecified atom stereocenters. The number of ether oxygens (including phenoxy) is 2. The van der Waals surface area contributed by atoms with Crippen LogP contribution in [0.1, 0.15) is 45.8 Å². The van der Waals surface area contributed by atoms with E-state index in [0.717, 1.165) is 0 Å². The fourth-order valence-corrected chi connectivity index (χ4v) is 0.618. The van der Waals surface area contributed by atoms with Gasteiger partial charge >= 0.3 is 17.9 Å². The predicted octanol–water partition coefficient (Wildman–Crippen LogP) is 0.736. The first-order valence-corrected chi connectivity index (χ1v) is 3.90. The van der Waals surface area contributed by atoms with Crippen LogP contribution in [0.3, 0.4) is 0 Å². The van der Waals surface area contributed by atoms with Crippen molar-refractivity contribution in [2.45, 2.75) is 39.0 Å². The molecule has 0 spiro atoms. The second kappa shape index (κ2) is 6.09. The Morgan fingerprint density at radius 2 is 2.00 bits per heavy atom. The van der Waals surface area contributed by atoms with Crippen molar-refractivity contribution < 1.29 is 41.3 Å². The fraction of sp³-hybridized carbons (Fsp3) is 0.700. The number of aliphatic carboxylic acids is 1. The van der Waals surface area contributed by atoms with Gasteiger partial charge in [0.25, 0.3) is 0 Å². The number of carbonyl (C=O) groups excluding carboxylic acids is 2. The Morgan fingerprint density at radius 3 is 2.38 bits per heavy atom. The number of carboxylic acid groups (broad SMARTS) is 1. The van der Waals surface area contributed by atoms with E-state index in [4.69, 9.17) is 17.4 Å². The summed E-state index contributed by atoms with van der Waals surface area (Å²) in [5.41, 5.74) is -4.19. The highest BCUT2D eigenvalue weighted by molar-refractivity contribution is 5.70. The van der Waals surface area contributed by atoms with Crippen molar-refractivity contribution in [3.8, 4) is 0 Å². The molecular formula is C10H16O6. The van der Waals surface area contributed by atoms with Crippen molar-refractivity contribution in [1.29, 1.82) is 0 Å². The number of carboxylic acids is 1. The summed E-state index contributed by atoms with van der Waals surface area (Å²) in [6.07, 6.45) is -8.29. The third-order valence-electron chi connectivity index (χ3n) is 1.00. The molecule has 1 N–H and O–H groups in total. The van der Waals surface area contributed by atoms with Crippen molar-refractivity contribution in [3.63, 3.8) is 0 Å². The summed E-state index contributed by atoms with van der Waals surface area (Å²) in [4.78, 5) is 33.6. The highest BCUT2D eigenvalue weighted by Crippen LogP contribution is 2.20. The predicted molar refractivity (Wildman–Crippen MR) is 53.7 cm³/mol. The van der Waals surface area contributed by atoms with Crippen LogP contribution in [0, 0.1) is 0 Å². The number of hydrogen-bond acceptors (Lipinski definition) is 5. The van der Waals surface area contributed by atoms with Crippen LogP contribution in [0.25, 0.3) is 0 Å². The largest absolute Gasteiger partial charge is 0.481 e. The molecule has 0 saturated heterocycles. The molecule has 16 heavy (non-hydrogen) atoms. The van der Waals surface area contributed by atoms with Crippen LogP contribution in [0.5, 0.6) is 0 Å². The number of carbonyl (C=O) groups is 3. The minimum Gasteiger partial charge on any atom is -0.481 e. The zero-order chi connectivity index (χ0) is 20.6. The average molecular weight is 241 g/mol. The molecule has 6 nitrogen and oxygen atoms in total. The summed E-state index contributed by atoms with van der Waals surface area (Å²) in [7, 11) is 0. The lowest BCUT2D eigenvalue weighted by atomic mass is 9.98. The molecule has 92 valence electrons. The molecule has 0 amide bonds. The Hall–Kier alpha value is -1.59. The van der Waals surface area contributed by atoms with Gasteiger partial charge < -0.3 is 14.6 Å². The van der Waals surface area contributed by atoms with Gasteiger partial charge in [-0.1, -0.05) is 0 Å². The summed E-state index contributed by atoms with van der Waals surface area (Å²) in [5.74, 6) is -5.54. The molecule has 0 aliphatic rings. The maximum Gasteiger partial charge on any atom is 0.307 e. The van der Waals surface area contributed by atoms with Gasteiger partial charge in [0.05, 0.1) is 15.7 Å². The minimum absolute atomic E-state index is 0.551. The van der Waals surface area contributed by atoms with Crippen LogP contribution < -0.4 is 0 Å². The van der Waals surface area contributed by atoms with Crippen molar-refractivity contribution in [1.82, 2.24) is 0 Å². The van der Waals surface area contributed by atoms with Gasteiger partial charge in [0.2, 0.25) is 0 Å². The van der Waals surface area contributed by atoms with Crippen molar-refractivity contribution in [3.05, 3.63) is 0 Å². The fourth-order valence-electron chi connectivity index (χ4n) is 0.618. The quantitative estimate of drug-likeness (QED) is 0.690. The van der Waals surface area contributed by atoms with Crippen LogP contribution in [-0.4, -0.2) is 35.2 Å². The Labute approximate surface area is 106 Å². The molecule has 0 fully saturated rings. The lowest BCUT2D eigenvalue weighted by Gasteiger charge is -2.27. The Morgan fingerprint density at radius 1 is 1.38 bits per heavy atom. The van der Waals surface area contributed by atoms with E-state index in [0.29, 0.717) is 13.8 Å². The summed E-state index contributed by atoms with van der Waals surface area (Å²) >= 11 is 0. The Balaban J connectivity index is 7.02. The highest BCUT2D eigenvalue weighted by Gasteiger charge is 2.31. The Kier molecular flexibility index (Phi) is 1.97. The van der Waals surface area contributed by atoms with Gasteiger partial charge in [-0.25, -0.2) is 0 Å². The Bertz CT molecular complexity index is 570. The first kappa shape index (κ1) is 5.16. The van der Waals surface area contributed by atoms with Crippen LogP contribution in [0.2, 0.25) is 0 Å². The first-order chi connectivity index (χ1) is 10.8. The molecule has 0 aliphatic carbocycles. The van der Waals surface area contributed by atoms with Gasteiger partial charge in [0.1, 0.15) is 5.60 Å². The second-order valence-electron chi connectivity index (χ2n) is 2.53. The van der Waals surface area contributed by atoms with E-state index < -0.39 is 49.7 Å². The lowest BCUT2D eigenvalue weighted by molar-refractivity contribution is -0.163. The van der Waals surface area contributed by atoms with E-state index in [1.165, 1.54) is 0 Å². The summed E-state index contributed by atoms with van der Waals surface area (Å²) in [6, 6.07) is 0. The van der Waals surface area contributed by atoms with Crippen LogP contribution in [0.4, 0.5) is 0 Å². The van der Waals surface area contributed by atoms with E-state index in [-0.39, 0.29) is 0 Å². The number of esters is 2. The van der Waals surface area contributed by atoms with Crippen LogP contribution in [-0.2, 0) is 23.9 Å². The molecule has 0 heterocycles. The topological polar surface area (TPSA) is 89.9 Å². The molecular weight excluding hydrogens is 216 g/mol. The SMILES string of the molecule is [2H]C([2H])([2H])C(OC(C)=O)(C([2H])([2H])C(=O)O)C([2H])([2H])C([2H])([2H])OC(C)=O. The third kappa shape index (κ3) is 6.80. The van der Waals surface area contributed by atoms with Crippen LogP contribution in [0.15, 0.2) is 0 Å². The third-order valence-corrected chi connectivity index (χ3v) is 1.00. The normalized spacial score (nSPS) is 25.5. The second-order valence-corrected chi connectivity index (χ2v) is 2.53. The molecule has 0 aromatic heterocycles. The molecule has 0 saturated carbocycles. The van der Waals surface area contributed by atoms with Crippen molar-refractivity contribution in [2.24, 2.45) is 0 Å². The number of hydrogen-bond donors (Lipinski definition) is 1. The molecule has 0 aromatic rings. The van der Waals surface area contributed by atoms with E-state index in [2.05, 4.69) is 9.47 Å². The van der Waals surface area contributed by atoms with Gasteiger partial charge in [0, 0.05) is 29.8 Å². The van der Waals surface area contributed by atoms with E-state index >= 15 is 0 Å². The summed E-state index contributed by atoms with van der Waals surface area (Å²) in [5, 5.41) is 9.05. The minimum atomic E-state index is -4.19. The van der Waals surface area contributed by atoms with Gasteiger partial charge in [-0.05, 0) is 6.85 Å². The summed E-state index contributed by atoms with van der Waals surface area (Å²) < 4.78 is 76.3. The molecule has 1 atom stereocenters. The maximum absolute atomic E-state index is 11.3. The molecule has 0 radical (unpaired) electrons. The standard InChI is InChI=1S/C10H16O6/c1-7(11)15-5-4-10(3,6-9(13)14)16-8(2)12/h4-6H2,1-3H3,(H,13,14)/i3D3,4D2,5D2,6D2. The van der Waals surface area contributed by atoms with Gasteiger partial charge in [-0.15, -0.1) is 0 Å². The summed E-state index contributed by atoms with van der Waals surface area (Å²) in [6.45, 7) is -6.68. The van der Waals surface area contributed by atoms with Gasteiger partial charge in [-0.3, -0.25) is 14.4 Å². The molecule has 0 bridgehead atoms. The van der Waals surface area contributed by atoms with Gasteiger partial charge in [0.15, 0.2) is 0 Å². The smallest absolute Gasteiger partial charge is 0.307 e. The molecule has 0 rings (SSSR count). The number of rotatable bonds is 6. The van der Waals surface area contributed by atoms with Crippen molar-refractivity contribution in [2.75, 3.05) is 6.56 Å². The molecule has 6 heteroatoms. The van der Waals surface area contributed by atoms with Crippen molar-refractivity contribution >= 4 is 17.9 Å². The average Bonchev–Trinajstić information content (AvgIpc) is 2.31. The van der Waals surface area contributed by atoms with E-state index in [1.54, 1.807) is 0 Å². The van der Waals surface area contributed by atoms with E-state index in [9.17, 15) is 14.4 Å². The molecule has 0 aromatic carbocycles. The maximum atomic E-state index is 11.3. The van der Waals surface area contributed by atoms with Crippen LogP contribution >= 0.6 is 0 Å². The zero-order valence-electron chi connectivity index (χ0n) is 17.5. The van der Waals surface area contributed by atoms with Gasteiger partial charge in [-0.2, -0.15) is 0 Å². The molecule has 0 aliphatic heterocycles.